The van der Waals surface area contributed by atoms with Crippen molar-refractivity contribution in [2.24, 2.45) is 0 Å². The number of carbonyl (C=O) groups excluding carboxylic acids is 4. The third-order valence-electron chi connectivity index (χ3n) is 11.5. The summed E-state index contributed by atoms with van der Waals surface area (Å²) in [6.07, 6.45) is 5.23. The first-order valence-corrected chi connectivity index (χ1v) is 18.7. The number of hydrogen-bond acceptors (Lipinski definition) is 8. The van der Waals surface area contributed by atoms with Gasteiger partial charge in [0.1, 0.15) is 11.9 Å². The maximum atomic E-state index is 14.5. The van der Waals surface area contributed by atoms with Crippen LogP contribution < -0.4 is 10.6 Å². The third-order valence-corrected chi connectivity index (χ3v) is 12.7. The molecule has 4 saturated heterocycles. The lowest BCUT2D eigenvalue weighted by Crippen LogP contribution is -2.59. The number of nitrogens with zero attached hydrogens (tertiary/aromatic N) is 5. The summed E-state index contributed by atoms with van der Waals surface area (Å²) in [4.78, 5) is 69.5. The highest BCUT2D eigenvalue weighted by Gasteiger charge is 2.46. The molecule has 0 aliphatic carbocycles. The summed E-state index contributed by atoms with van der Waals surface area (Å²) in [6, 6.07) is 5.32. The zero-order chi connectivity index (χ0) is 34.3. The first kappa shape index (κ1) is 34.0. The van der Waals surface area contributed by atoms with Crippen LogP contribution in [0.2, 0.25) is 0 Å². The molecule has 7 heterocycles. The van der Waals surface area contributed by atoms with Gasteiger partial charge < -0.3 is 30.2 Å². The van der Waals surface area contributed by atoms with Crippen molar-refractivity contribution < 1.29 is 23.6 Å². The zero-order valence-electron chi connectivity index (χ0n) is 28.6. The maximum Gasteiger partial charge on any atom is 0.253 e. The van der Waals surface area contributed by atoms with Crippen LogP contribution in [0.25, 0.3) is 0 Å². The lowest BCUT2D eigenvalue weighted by Gasteiger charge is -2.43. The van der Waals surface area contributed by atoms with E-state index < -0.39 is 17.4 Å². The number of rotatable bonds is 3. The van der Waals surface area contributed by atoms with Crippen LogP contribution in [0.4, 0.5) is 4.39 Å². The van der Waals surface area contributed by atoms with Crippen molar-refractivity contribution >= 4 is 35.0 Å². The maximum absolute atomic E-state index is 14.5. The van der Waals surface area contributed by atoms with E-state index in [9.17, 15) is 23.6 Å². The minimum Gasteiger partial charge on any atom is -0.350 e. The van der Waals surface area contributed by atoms with Crippen molar-refractivity contribution in [1.29, 1.82) is 0 Å². The number of hydrogen-bond donors (Lipinski definition) is 2. The molecule has 6 aliphatic rings. The summed E-state index contributed by atoms with van der Waals surface area (Å²) in [5.41, 5.74) is 0.274. The van der Waals surface area contributed by atoms with Gasteiger partial charge in [-0.15, -0.1) is 11.3 Å². The SMILES string of the molecule is Cc1sc2nc1CC(=O)NC1(CCN(C(=O)c3ccc(F)cc3)CC1)CC(=O)N1C[C@@H](NC3CCN(C)CC3)C[C@H]1C(=O)N1CCC2CC1. The van der Waals surface area contributed by atoms with Gasteiger partial charge in [-0.2, -0.15) is 0 Å². The van der Waals surface area contributed by atoms with Crippen molar-refractivity contribution in [3.05, 3.63) is 51.2 Å². The number of halogens is 1. The molecule has 4 amide bonds. The van der Waals surface area contributed by atoms with Gasteiger partial charge in [0, 0.05) is 61.2 Å². The number of aromatic nitrogens is 1. The Balaban J connectivity index is 1.15. The molecule has 4 bridgehead atoms. The standard InChI is InChI=1S/C36H48FN7O4S/c1-23-29-20-31(45)40-36(11-17-43(18-12-36)34(47)25-3-5-26(37)6-4-25)21-32(46)44-22-28(38-27-9-13-41(2)14-10-27)19-30(44)35(48)42-15-7-24(8-16-42)33(39-29)49-23/h3-6,24,27-28,30,38H,7-22H2,1-2H3,(H,40,45)/t28-,30-/m0/s1. The second-order valence-corrected chi connectivity index (χ2v) is 16.1. The second-order valence-electron chi connectivity index (χ2n) is 14.9. The number of benzene rings is 1. The zero-order valence-corrected chi connectivity index (χ0v) is 29.4. The van der Waals surface area contributed by atoms with Gasteiger partial charge in [0.05, 0.1) is 29.1 Å². The number of fused-ring (bicyclic) bond motifs is 5. The fraction of sp³-hybridized carbons (Fsp3) is 0.639. The Labute approximate surface area is 291 Å². The van der Waals surface area contributed by atoms with Crippen LogP contribution in [0.3, 0.4) is 0 Å². The molecule has 2 atom stereocenters. The van der Waals surface area contributed by atoms with E-state index >= 15 is 0 Å². The van der Waals surface area contributed by atoms with Crippen molar-refractivity contribution in [3.8, 4) is 0 Å². The molecule has 49 heavy (non-hydrogen) atoms. The van der Waals surface area contributed by atoms with Crippen LogP contribution in [0.1, 0.15) is 83.2 Å². The smallest absolute Gasteiger partial charge is 0.253 e. The Hall–Kier alpha value is -3.42. The average Bonchev–Trinajstić information content (AvgIpc) is 3.68. The number of aryl methyl sites for hydroxylation is 1. The fourth-order valence-electron chi connectivity index (χ4n) is 8.46. The predicted octanol–water partition coefficient (Wildman–Crippen LogP) is 2.69. The molecule has 11 nitrogen and oxygen atoms in total. The van der Waals surface area contributed by atoms with Crippen molar-refractivity contribution in [2.45, 2.75) is 94.3 Å². The first-order chi connectivity index (χ1) is 23.6. The van der Waals surface area contributed by atoms with Crippen molar-refractivity contribution in [1.82, 2.24) is 35.2 Å². The molecule has 1 spiro atoms. The lowest BCUT2D eigenvalue weighted by molar-refractivity contribution is -0.145. The van der Waals surface area contributed by atoms with E-state index in [2.05, 4.69) is 22.6 Å². The number of carbonyl (C=O) groups is 4. The van der Waals surface area contributed by atoms with Gasteiger partial charge in [0.25, 0.3) is 5.91 Å². The topological polar surface area (TPSA) is 118 Å². The van der Waals surface area contributed by atoms with E-state index in [1.54, 1.807) is 21.1 Å². The van der Waals surface area contributed by atoms with Crippen LogP contribution in [0.15, 0.2) is 24.3 Å². The Morgan fingerprint density at radius 3 is 2.37 bits per heavy atom. The number of thiazole rings is 1. The van der Waals surface area contributed by atoms with E-state index in [1.807, 2.05) is 11.8 Å². The first-order valence-electron chi connectivity index (χ1n) is 17.9. The monoisotopic (exact) mass is 693 g/mol. The molecule has 0 unspecified atom stereocenters. The second kappa shape index (κ2) is 14.1. The van der Waals surface area contributed by atoms with Crippen molar-refractivity contribution in [3.63, 3.8) is 0 Å². The average molecular weight is 694 g/mol. The summed E-state index contributed by atoms with van der Waals surface area (Å²) in [6.45, 7) is 6.43. The number of likely N-dealkylation sites (tertiary alicyclic amines) is 2. The van der Waals surface area contributed by atoms with Gasteiger partial charge in [-0.25, -0.2) is 9.37 Å². The van der Waals surface area contributed by atoms with Gasteiger partial charge in [0.15, 0.2) is 0 Å². The summed E-state index contributed by atoms with van der Waals surface area (Å²) < 4.78 is 13.5. The Bertz CT molecular complexity index is 1560. The molecular weight excluding hydrogens is 646 g/mol. The number of piperidine rings is 3. The summed E-state index contributed by atoms with van der Waals surface area (Å²) in [5, 5.41) is 8.09. The van der Waals surface area contributed by atoms with Gasteiger partial charge in [-0.3, -0.25) is 19.2 Å². The molecular formula is C36H48FN7O4S. The van der Waals surface area contributed by atoms with E-state index in [1.165, 1.54) is 24.3 Å². The summed E-state index contributed by atoms with van der Waals surface area (Å²) in [5.74, 6) is -0.686. The summed E-state index contributed by atoms with van der Waals surface area (Å²) >= 11 is 1.64. The quantitative estimate of drug-likeness (QED) is 0.508. The Morgan fingerprint density at radius 2 is 1.67 bits per heavy atom. The third kappa shape index (κ3) is 7.39. The van der Waals surface area contributed by atoms with Crippen LogP contribution in [0.5, 0.6) is 0 Å². The molecule has 1 aromatic heterocycles. The van der Waals surface area contributed by atoms with Gasteiger partial charge in [0.2, 0.25) is 17.7 Å². The minimum atomic E-state index is -0.885. The molecule has 4 fully saturated rings. The highest BCUT2D eigenvalue weighted by Crippen LogP contribution is 2.35. The highest BCUT2D eigenvalue weighted by atomic mass is 32.1. The van der Waals surface area contributed by atoms with Gasteiger partial charge in [-0.05, 0) is 96.3 Å². The normalized spacial score (nSPS) is 26.0. The van der Waals surface area contributed by atoms with Gasteiger partial charge >= 0.3 is 0 Å². The Kier molecular flexibility index (Phi) is 9.77. The van der Waals surface area contributed by atoms with Crippen LogP contribution in [-0.2, 0) is 20.8 Å². The molecule has 0 saturated carbocycles. The molecule has 264 valence electrons. The molecule has 13 heteroatoms. The highest BCUT2D eigenvalue weighted by molar-refractivity contribution is 7.11. The minimum absolute atomic E-state index is 0.0142. The largest absolute Gasteiger partial charge is 0.350 e. The molecule has 1 aromatic carbocycles. The van der Waals surface area contributed by atoms with E-state index in [0.717, 1.165) is 54.4 Å². The Morgan fingerprint density at radius 1 is 0.980 bits per heavy atom. The molecule has 6 aliphatic heterocycles. The number of amides is 4. The van der Waals surface area contributed by atoms with Crippen molar-refractivity contribution in [2.75, 3.05) is 52.9 Å². The van der Waals surface area contributed by atoms with Crippen LogP contribution >= 0.6 is 11.3 Å². The predicted molar refractivity (Wildman–Crippen MR) is 184 cm³/mol. The molecule has 2 aromatic rings. The fourth-order valence-corrected chi connectivity index (χ4v) is 9.57. The van der Waals surface area contributed by atoms with Crippen LogP contribution in [-0.4, -0.2) is 125 Å². The summed E-state index contributed by atoms with van der Waals surface area (Å²) in [7, 11) is 2.14. The number of nitrogens with one attached hydrogen (secondary N) is 2. The van der Waals surface area contributed by atoms with Gasteiger partial charge in [-0.1, -0.05) is 0 Å². The van der Waals surface area contributed by atoms with E-state index in [-0.39, 0.29) is 48.4 Å². The van der Waals surface area contributed by atoms with E-state index in [4.69, 9.17) is 4.98 Å². The van der Waals surface area contributed by atoms with E-state index in [0.29, 0.717) is 63.6 Å². The molecule has 2 N–H and O–H groups in total. The molecule has 8 rings (SSSR count). The van der Waals surface area contributed by atoms with Crippen LogP contribution in [0, 0.1) is 12.7 Å². The lowest BCUT2D eigenvalue weighted by atomic mass is 9.83. The molecule has 0 radical (unpaired) electrons.